The van der Waals surface area contributed by atoms with Gasteiger partial charge in [-0.05, 0) is 37.1 Å². The minimum atomic E-state index is -0.400. The summed E-state index contributed by atoms with van der Waals surface area (Å²) in [5, 5.41) is 0. The summed E-state index contributed by atoms with van der Waals surface area (Å²) in [4.78, 5) is 27.3. The Morgan fingerprint density at radius 2 is 1.63 bits per heavy atom. The van der Waals surface area contributed by atoms with Gasteiger partial charge < -0.3 is 14.4 Å². The molecule has 142 valence electrons. The van der Waals surface area contributed by atoms with Gasteiger partial charge in [0.25, 0.3) is 0 Å². The minimum absolute atomic E-state index is 0.122. The van der Waals surface area contributed by atoms with Crippen molar-refractivity contribution >= 4 is 23.6 Å². The number of amides is 1. The molecular weight excluding hydrogens is 362 g/mol. The number of thioether (sulfide) groups is 1. The molecule has 2 aromatic carbocycles. The Morgan fingerprint density at radius 1 is 0.926 bits per heavy atom. The first-order valence-electron chi connectivity index (χ1n) is 9.08. The van der Waals surface area contributed by atoms with Crippen LogP contribution < -0.4 is 4.74 Å². The van der Waals surface area contributed by atoms with Crippen molar-refractivity contribution < 1.29 is 19.1 Å². The highest BCUT2D eigenvalue weighted by Gasteiger charge is 2.19. The van der Waals surface area contributed by atoms with E-state index in [4.69, 9.17) is 9.47 Å². The molecular formula is C21H23NO4S. The molecule has 1 amide bonds. The molecule has 5 nitrogen and oxygen atoms in total. The third-order valence-electron chi connectivity index (χ3n) is 4.25. The number of carbonyl (C=O) groups excluding carboxylic acids is 2. The fourth-order valence-corrected chi connectivity index (χ4v) is 3.79. The summed E-state index contributed by atoms with van der Waals surface area (Å²) in [6, 6.07) is 16.6. The van der Waals surface area contributed by atoms with Crippen LogP contribution in [0, 0.1) is 0 Å². The first-order chi connectivity index (χ1) is 13.2. The molecule has 1 saturated heterocycles. The summed E-state index contributed by atoms with van der Waals surface area (Å²) in [7, 11) is 0. The van der Waals surface area contributed by atoms with E-state index >= 15 is 0 Å². The average Bonchev–Trinajstić information content (AvgIpc) is 3.25. The number of likely N-dealkylation sites (tertiary alicyclic amines) is 1. The molecule has 0 saturated carbocycles. The van der Waals surface area contributed by atoms with E-state index in [1.807, 2.05) is 47.4 Å². The first-order valence-corrected chi connectivity index (χ1v) is 10.1. The lowest BCUT2D eigenvalue weighted by molar-refractivity contribution is -0.127. The van der Waals surface area contributed by atoms with E-state index in [0.717, 1.165) is 36.6 Å². The summed E-state index contributed by atoms with van der Waals surface area (Å²) < 4.78 is 10.9. The molecule has 0 aliphatic carbocycles. The second-order valence-electron chi connectivity index (χ2n) is 6.17. The maximum Gasteiger partial charge on any atom is 0.339 e. The van der Waals surface area contributed by atoms with Crippen LogP contribution in [0.3, 0.4) is 0 Å². The predicted molar refractivity (Wildman–Crippen MR) is 105 cm³/mol. The second kappa shape index (κ2) is 10.0. The summed E-state index contributed by atoms with van der Waals surface area (Å²) >= 11 is 1.38. The van der Waals surface area contributed by atoms with E-state index in [-0.39, 0.29) is 12.5 Å². The number of para-hydroxylation sites is 1. The standard InChI is InChI=1S/C21H23NO4S/c23-20(22-12-6-7-13-22)16-27-19-11-5-4-10-18(19)21(24)26-15-14-25-17-8-2-1-3-9-17/h1-5,8-11H,6-7,12-16H2. The van der Waals surface area contributed by atoms with Crippen molar-refractivity contribution in [1.82, 2.24) is 4.90 Å². The molecule has 1 heterocycles. The molecule has 0 spiro atoms. The van der Waals surface area contributed by atoms with Gasteiger partial charge in [-0.1, -0.05) is 30.3 Å². The molecule has 0 atom stereocenters. The summed E-state index contributed by atoms with van der Waals surface area (Å²) in [6.07, 6.45) is 2.15. The van der Waals surface area contributed by atoms with Gasteiger partial charge in [-0.15, -0.1) is 11.8 Å². The molecule has 1 aliphatic rings. The van der Waals surface area contributed by atoms with Gasteiger partial charge >= 0.3 is 5.97 Å². The number of carbonyl (C=O) groups is 2. The molecule has 0 aromatic heterocycles. The van der Waals surface area contributed by atoms with E-state index in [0.29, 0.717) is 17.9 Å². The van der Waals surface area contributed by atoms with Crippen LogP contribution >= 0.6 is 11.8 Å². The van der Waals surface area contributed by atoms with Crippen LogP contribution in [0.2, 0.25) is 0 Å². The zero-order chi connectivity index (χ0) is 18.9. The Morgan fingerprint density at radius 3 is 2.41 bits per heavy atom. The van der Waals surface area contributed by atoms with Crippen molar-refractivity contribution in [2.45, 2.75) is 17.7 Å². The van der Waals surface area contributed by atoms with Crippen molar-refractivity contribution in [2.24, 2.45) is 0 Å². The second-order valence-corrected chi connectivity index (χ2v) is 7.19. The zero-order valence-electron chi connectivity index (χ0n) is 15.1. The van der Waals surface area contributed by atoms with Gasteiger partial charge in [0.1, 0.15) is 19.0 Å². The number of esters is 1. The Bertz CT molecular complexity index is 760. The van der Waals surface area contributed by atoms with E-state index in [2.05, 4.69) is 0 Å². The normalized spacial score (nSPS) is 13.4. The van der Waals surface area contributed by atoms with E-state index in [1.54, 1.807) is 12.1 Å². The molecule has 1 aliphatic heterocycles. The molecule has 0 bridgehead atoms. The Balaban J connectivity index is 1.48. The summed E-state index contributed by atoms with van der Waals surface area (Å²) in [5.74, 6) is 0.798. The lowest BCUT2D eigenvalue weighted by atomic mass is 10.2. The van der Waals surface area contributed by atoms with Gasteiger partial charge in [-0.3, -0.25) is 4.79 Å². The molecule has 2 aromatic rings. The summed E-state index contributed by atoms with van der Waals surface area (Å²) in [5.41, 5.74) is 0.483. The number of rotatable bonds is 8. The monoisotopic (exact) mass is 385 g/mol. The van der Waals surface area contributed by atoms with Crippen LogP contribution in [0.4, 0.5) is 0 Å². The summed E-state index contributed by atoms with van der Waals surface area (Å²) in [6.45, 7) is 2.13. The van der Waals surface area contributed by atoms with Gasteiger partial charge in [0.2, 0.25) is 5.91 Å². The highest BCUT2D eigenvalue weighted by Crippen LogP contribution is 2.24. The molecule has 6 heteroatoms. The van der Waals surface area contributed by atoms with Gasteiger partial charge in [0, 0.05) is 18.0 Å². The van der Waals surface area contributed by atoms with Crippen molar-refractivity contribution in [3.05, 3.63) is 60.2 Å². The third kappa shape index (κ3) is 5.76. The maximum atomic E-state index is 12.4. The number of ether oxygens (including phenoxy) is 2. The van der Waals surface area contributed by atoms with E-state index in [9.17, 15) is 9.59 Å². The highest BCUT2D eigenvalue weighted by molar-refractivity contribution is 8.00. The molecule has 3 rings (SSSR count). The first kappa shape index (κ1) is 19.3. The van der Waals surface area contributed by atoms with Gasteiger partial charge in [-0.2, -0.15) is 0 Å². The highest BCUT2D eigenvalue weighted by atomic mass is 32.2. The quantitative estimate of drug-likeness (QED) is 0.395. The van der Waals surface area contributed by atoms with Crippen LogP contribution in [0.25, 0.3) is 0 Å². The van der Waals surface area contributed by atoms with Crippen LogP contribution in [-0.4, -0.2) is 48.8 Å². The molecule has 27 heavy (non-hydrogen) atoms. The van der Waals surface area contributed by atoms with Crippen LogP contribution in [-0.2, 0) is 9.53 Å². The SMILES string of the molecule is O=C(OCCOc1ccccc1)c1ccccc1SCC(=O)N1CCCC1. The third-order valence-corrected chi connectivity index (χ3v) is 5.30. The van der Waals surface area contributed by atoms with Crippen molar-refractivity contribution in [3.63, 3.8) is 0 Å². The molecule has 0 N–H and O–H groups in total. The number of hydrogen-bond donors (Lipinski definition) is 0. The van der Waals surface area contributed by atoms with Crippen LogP contribution in [0.1, 0.15) is 23.2 Å². The fourth-order valence-electron chi connectivity index (χ4n) is 2.85. The maximum absolute atomic E-state index is 12.4. The van der Waals surface area contributed by atoms with Crippen molar-refractivity contribution in [3.8, 4) is 5.75 Å². The number of benzene rings is 2. The molecule has 1 fully saturated rings. The Labute approximate surface area is 163 Å². The lowest BCUT2D eigenvalue weighted by Gasteiger charge is -2.15. The Hall–Kier alpha value is -2.47. The van der Waals surface area contributed by atoms with Gasteiger partial charge in [-0.25, -0.2) is 4.79 Å². The minimum Gasteiger partial charge on any atom is -0.490 e. The largest absolute Gasteiger partial charge is 0.490 e. The number of nitrogens with zero attached hydrogens (tertiary/aromatic N) is 1. The number of hydrogen-bond acceptors (Lipinski definition) is 5. The van der Waals surface area contributed by atoms with Crippen molar-refractivity contribution in [1.29, 1.82) is 0 Å². The molecule has 0 unspecified atom stereocenters. The zero-order valence-corrected chi connectivity index (χ0v) is 16.0. The fraction of sp³-hybridized carbons (Fsp3) is 0.333. The van der Waals surface area contributed by atoms with Crippen LogP contribution in [0.5, 0.6) is 5.75 Å². The smallest absolute Gasteiger partial charge is 0.339 e. The van der Waals surface area contributed by atoms with Gasteiger partial charge in [0.15, 0.2) is 0 Å². The van der Waals surface area contributed by atoms with Crippen molar-refractivity contribution in [2.75, 3.05) is 32.1 Å². The average molecular weight is 385 g/mol. The molecule has 0 radical (unpaired) electrons. The van der Waals surface area contributed by atoms with Crippen LogP contribution in [0.15, 0.2) is 59.5 Å². The van der Waals surface area contributed by atoms with Gasteiger partial charge in [0.05, 0.1) is 11.3 Å². The predicted octanol–water partition coefficient (Wildman–Crippen LogP) is 3.64. The van der Waals surface area contributed by atoms with E-state index in [1.165, 1.54) is 11.8 Å². The van der Waals surface area contributed by atoms with E-state index < -0.39 is 5.97 Å². The lowest BCUT2D eigenvalue weighted by Crippen LogP contribution is -2.29. The Kier molecular flexibility index (Phi) is 7.16. The topological polar surface area (TPSA) is 55.8 Å².